The van der Waals surface area contributed by atoms with Gasteiger partial charge in [0.25, 0.3) is 11.7 Å². The number of anilines is 1. The van der Waals surface area contributed by atoms with Gasteiger partial charge in [0.15, 0.2) is 11.5 Å². The van der Waals surface area contributed by atoms with Gasteiger partial charge in [0.05, 0.1) is 5.57 Å². The van der Waals surface area contributed by atoms with E-state index in [4.69, 9.17) is 13.9 Å². The van der Waals surface area contributed by atoms with Crippen molar-refractivity contribution in [1.29, 1.82) is 0 Å². The fourth-order valence-electron chi connectivity index (χ4n) is 3.95. The molecule has 0 spiro atoms. The number of furan rings is 1. The molecule has 8 heteroatoms. The maximum Gasteiger partial charge on any atom is 0.300 e. The van der Waals surface area contributed by atoms with Crippen molar-refractivity contribution in [2.75, 3.05) is 11.7 Å². The Morgan fingerprint density at radius 2 is 1.81 bits per heavy atom. The number of amides is 1. The average Bonchev–Trinajstić information content (AvgIpc) is 3.48. The van der Waals surface area contributed by atoms with Gasteiger partial charge in [-0.05, 0) is 61.9 Å². The molecule has 162 valence electrons. The van der Waals surface area contributed by atoms with Gasteiger partial charge in [0.1, 0.15) is 29.1 Å². The smallest absolute Gasteiger partial charge is 0.300 e. The number of carbonyl (C=O) groups is 2. The van der Waals surface area contributed by atoms with Crippen LogP contribution in [-0.4, -0.2) is 23.6 Å². The van der Waals surface area contributed by atoms with Gasteiger partial charge >= 0.3 is 0 Å². The molecule has 1 saturated heterocycles. The number of nitrogens with zero attached hydrogens (tertiary/aromatic N) is 1. The van der Waals surface area contributed by atoms with Crippen molar-refractivity contribution in [3.8, 4) is 11.5 Å². The highest BCUT2D eigenvalue weighted by atomic mass is 19.1. The van der Waals surface area contributed by atoms with Crippen LogP contribution in [0.2, 0.25) is 0 Å². The minimum absolute atomic E-state index is 0.0579. The summed E-state index contributed by atoms with van der Waals surface area (Å²) in [6, 6.07) is 11.2. The number of halogens is 1. The second-order valence-corrected chi connectivity index (χ2v) is 7.62. The van der Waals surface area contributed by atoms with Crippen LogP contribution in [0.5, 0.6) is 11.5 Å². The topological polar surface area (TPSA) is 89.2 Å². The molecule has 2 aliphatic rings. The van der Waals surface area contributed by atoms with Crippen LogP contribution in [-0.2, 0) is 9.59 Å². The van der Waals surface area contributed by atoms with Gasteiger partial charge in [-0.25, -0.2) is 4.39 Å². The minimum Gasteiger partial charge on any atom is -0.507 e. The third-order valence-electron chi connectivity index (χ3n) is 5.54. The number of ketones is 1. The molecule has 1 aromatic heterocycles. The quantitative estimate of drug-likeness (QED) is 0.373. The van der Waals surface area contributed by atoms with Gasteiger partial charge in [-0.15, -0.1) is 0 Å². The number of fused-ring (bicyclic) bond motifs is 1. The fraction of sp³-hybridized carbons (Fsp3) is 0.167. The SMILES string of the molecule is Cc1ccc(C2/C(=C(/O)c3ccc(F)c(C)c3)C(=O)C(=O)N2c2ccc3c(c2)OCO3)o1. The van der Waals surface area contributed by atoms with Crippen LogP contribution >= 0.6 is 0 Å². The van der Waals surface area contributed by atoms with Crippen LogP contribution in [0.3, 0.4) is 0 Å². The molecule has 0 aliphatic carbocycles. The molecular weight excluding hydrogens is 417 g/mol. The molecule has 1 unspecified atom stereocenters. The number of Topliss-reactive ketones (excluding diaryl/α,β-unsaturated/α-hetero) is 1. The molecule has 1 fully saturated rings. The molecule has 1 atom stereocenters. The van der Waals surface area contributed by atoms with Crippen molar-refractivity contribution in [2.24, 2.45) is 0 Å². The third-order valence-corrected chi connectivity index (χ3v) is 5.54. The van der Waals surface area contributed by atoms with Gasteiger partial charge in [-0.2, -0.15) is 0 Å². The Balaban J connectivity index is 1.70. The van der Waals surface area contributed by atoms with Gasteiger partial charge in [0, 0.05) is 17.3 Å². The van der Waals surface area contributed by atoms with E-state index >= 15 is 0 Å². The van der Waals surface area contributed by atoms with Gasteiger partial charge in [-0.3, -0.25) is 14.5 Å². The van der Waals surface area contributed by atoms with Crippen molar-refractivity contribution in [1.82, 2.24) is 0 Å². The molecule has 0 saturated carbocycles. The van der Waals surface area contributed by atoms with Crippen molar-refractivity contribution in [2.45, 2.75) is 19.9 Å². The van der Waals surface area contributed by atoms with Gasteiger partial charge < -0.3 is 19.0 Å². The Morgan fingerprint density at radius 3 is 2.53 bits per heavy atom. The first-order chi connectivity index (χ1) is 15.3. The molecule has 2 aromatic carbocycles. The van der Waals surface area contributed by atoms with E-state index < -0.39 is 29.3 Å². The Bertz CT molecular complexity index is 1310. The molecule has 3 heterocycles. The number of hydrogen-bond donors (Lipinski definition) is 1. The second-order valence-electron chi connectivity index (χ2n) is 7.62. The number of carbonyl (C=O) groups excluding carboxylic acids is 2. The summed E-state index contributed by atoms with van der Waals surface area (Å²) in [5, 5.41) is 11.1. The van der Waals surface area contributed by atoms with Crippen LogP contribution in [0, 0.1) is 19.7 Å². The van der Waals surface area contributed by atoms with E-state index in [2.05, 4.69) is 0 Å². The first-order valence-electron chi connectivity index (χ1n) is 9.88. The molecule has 32 heavy (non-hydrogen) atoms. The maximum absolute atomic E-state index is 13.8. The fourth-order valence-corrected chi connectivity index (χ4v) is 3.95. The highest BCUT2D eigenvalue weighted by molar-refractivity contribution is 6.51. The Morgan fingerprint density at radius 1 is 1.03 bits per heavy atom. The summed E-state index contributed by atoms with van der Waals surface area (Å²) in [5.41, 5.74) is 0.753. The summed E-state index contributed by atoms with van der Waals surface area (Å²) >= 11 is 0. The molecular formula is C24H18FNO6. The summed E-state index contributed by atoms with van der Waals surface area (Å²) in [6.45, 7) is 3.34. The zero-order valence-electron chi connectivity index (χ0n) is 17.2. The van der Waals surface area contributed by atoms with E-state index in [9.17, 15) is 19.1 Å². The number of aliphatic hydroxyl groups excluding tert-OH is 1. The van der Waals surface area contributed by atoms with Crippen LogP contribution in [0.25, 0.3) is 5.76 Å². The molecule has 1 N–H and O–H groups in total. The molecule has 7 nitrogen and oxygen atoms in total. The second kappa shape index (κ2) is 7.26. The summed E-state index contributed by atoms with van der Waals surface area (Å²) in [5.74, 6) is -0.710. The van der Waals surface area contributed by atoms with Crippen molar-refractivity contribution in [3.63, 3.8) is 0 Å². The molecule has 1 amide bonds. The highest BCUT2D eigenvalue weighted by Crippen LogP contribution is 2.45. The standard InChI is InChI=1S/C24H18FNO6/c1-12-9-14(4-6-16(12)25)22(27)20-21(18-7-3-13(2)32-18)26(24(29)23(20)28)15-5-8-17-19(10-15)31-11-30-17/h3-10,21,27H,11H2,1-2H3/b22-20-. The van der Waals surface area contributed by atoms with Crippen molar-refractivity contribution < 1.29 is 33.0 Å². The van der Waals surface area contributed by atoms with E-state index in [-0.39, 0.29) is 17.9 Å². The molecule has 0 bridgehead atoms. The van der Waals surface area contributed by atoms with Crippen molar-refractivity contribution in [3.05, 3.63) is 82.6 Å². The maximum atomic E-state index is 13.8. The number of ether oxygens (including phenoxy) is 2. The largest absolute Gasteiger partial charge is 0.507 e. The molecule has 5 rings (SSSR count). The number of aryl methyl sites for hydroxylation is 2. The summed E-state index contributed by atoms with van der Waals surface area (Å²) in [6.07, 6.45) is 0. The number of benzene rings is 2. The van der Waals surface area contributed by atoms with Crippen LogP contribution in [0.4, 0.5) is 10.1 Å². The highest BCUT2D eigenvalue weighted by Gasteiger charge is 2.48. The van der Waals surface area contributed by atoms with E-state index in [0.29, 0.717) is 34.3 Å². The minimum atomic E-state index is -1.02. The number of rotatable bonds is 3. The predicted molar refractivity (Wildman–Crippen MR) is 112 cm³/mol. The normalized spacial score (nSPS) is 19.1. The van der Waals surface area contributed by atoms with Crippen molar-refractivity contribution >= 4 is 23.1 Å². The molecule has 0 radical (unpaired) electrons. The van der Waals surface area contributed by atoms with Gasteiger partial charge in [-0.1, -0.05) is 0 Å². The van der Waals surface area contributed by atoms with E-state index in [1.807, 2.05) is 0 Å². The first-order valence-corrected chi connectivity index (χ1v) is 9.88. The van der Waals surface area contributed by atoms with Crippen LogP contribution in [0.1, 0.15) is 28.7 Å². The monoisotopic (exact) mass is 435 g/mol. The van der Waals surface area contributed by atoms with E-state index in [0.717, 1.165) is 0 Å². The van der Waals surface area contributed by atoms with E-state index in [1.165, 1.54) is 23.1 Å². The lowest BCUT2D eigenvalue weighted by Gasteiger charge is -2.23. The Kier molecular flexibility index (Phi) is 4.51. The lowest BCUT2D eigenvalue weighted by atomic mass is 9.98. The Labute approximate surface area is 182 Å². The number of aliphatic hydroxyl groups is 1. The third kappa shape index (κ3) is 3.03. The van der Waals surface area contributed by atoms with E-state index in [1.54, 1.807) is 44.2 Å². The zero-order valence-corrected chi connectivity index (χ0v) is 17.2. The van der Waals surface area contributed by atoms with Gasteiger partial charge in [0.2, 0.25) is 6.79 Å². The molecule has 3 aromatic rings. The molecule has 2 aliphatic heterocycles. The lowest BCUT2D eigenvalue weighted by molar-refractivity contribution is -0.132. The predicted octanol–water partition coefficient (Wildman–Crippen LogP) is 4.39. The van der Waals surface area contributed by atoms with Crippen LogP contribution in [0.15, 0.2) is 58.5 Å². The Hall–Kier alpha value is -4.07. The summed E-state index contributed by atoms with van der Waals surface area (Å²) < 4.78 is 30.2. The van der Waals surface area contributed by atoms with Crippen LogP contribution < -0.4 is 14.4 Å². The number of hydrogen-bond acceptors (Lipinski definition) is 6. The summed E-state index contributed by atoms with van der Waals surface area (Å²) in [7, 11) is 0. The average molecular weight is 435 g/mol. The lowest BCUT2D eigenvalue weighted by Crippen LogP contribution is -2.29. The first kappa shape index (κ1) is 19.9. The zero-order chi connectivity index (χ0) is 22.6. The summed E-state index contributed by atoms with van der Waals surface area (Å²) in [4.78, 5) is 27.5.